The van der Waals surface area contributed by atoms with Crippen molar-refractivity contribution in [3.05, 3.63) is 0 Å². The Morgan fingerprint density at radius 1 is 0.750 bits per heavy atom. The Morgan fingerprint density at radius 3 is 0.750 bits per heavy atom. The molecule has 0 aliphatic heterocycles. The Balaban J connectivity index is -0.00000000500. The first kappa shape index (κ1) is 16.5. The molecule has 0 fully saturated rings. The van der Waals surface area contributed by atoms with Crippen LogP contribution in [0.25, 0.3) is 0 Å². The van der Waals surface area contributed by atoms with E-state index in [1.807, 2.05) is 0 Å². The minimum absolute atomic E-state index is 0. The third kappa shape index (κ3) is 8.95. The van der Waals surface area contributed by atoms with Gasteiger partial charge in [-0.05, 0) is 0 Å². The van der Waals surface area contributed by atoms with Crippen LogP contribution in [0.3, 0.4) is 0 Å². The van der Waals surface area contributed by atoms with Crippen molar-refractivity contribution in [2.24, 2.45) is 0 Å². The van der Waals surface area contributed by atoms with Gasteiger partial charge in [0.05, 0.1) is 0 Å². The SMILES string of the molecule is [SeH2].[SeH2].[SeH][SeH]. The zero-order chi connectivity index (χ0) is 2.00. The van der Waals surface area contributed by atoms with Gasteiger partial charge in [0.15, 0.2) is 0 Å². The summed E-state index contributed by atoms with van der Waals surface area (Å²) >= 11 is 4.50. The van der Waals surface area contributed by atoms with Crippen LogP contribution in [0.15, 0.2) is 0 Å². The molecule has 0 aliphatic rings. The van der Waals surface area contributed by atoms with Crippen LogP contribution in [-0.2, 0) is 0 Å². The summed E-state index contributed by atoms with van der Waals surface area (Å²) in [5.74, 6) is 0. The predicted octanol–water partition coefficient (Wildman–Crippen LogP) is -3.13. The van der Waals surface area contributed by atoms with Crippen molar-refractivity contribution in [3.8, 4) is 0 Å². The second-order valence-electron chi connectivity index (χ2n) is 0. The number of hydrogen-bond acceptors (Lipinski definition) is 0. The Hall–Kier alpha value is 2.08. The zero-order valence-corrected chi connectivity index (χ0v) is 9.84. The van der Waals surface area contributed by atoms with Gasteiger partial charge in [-0.1, -0.05) is 0 Å². The monoisotopic (exact) mass is 326 g/mol. The zero-order valence-electron chi connectivity index (χ0n) is 1.89. The summed E-state index contributed by atoms with van der Waals surface area (Å²) in [7, 11) is 0. The van der Waals surface area contributed by atoms with Crippen LogP contribution in [0.5, 0.6) is 0 Å². The van der Waals surface area contributed by atoms with E-state index in [2.05, 4.69) is 28.4 Å². The molecule has 0 aromatic carbocycles. The van der Waals surface area contributed by atoms with Gasteiger partial charge in [0, 0.05) is 0 Å². The van der Waals surface area contributed by atoms with Gasteiger partial charge in [0.25, 0.3) is 0 Å². The van der Waals surface area contributed by atoms with Crippen molar-refractivity contribution in [1.82, 2.24) is 0 Å². The average Bonchev–Trinajstić information content (AvgIpc) is 1.00. The van der Waals surface area contributed by atoms with Gasteiger partial charge in [0.2, 0.25) is 0 Å². The standard InChI is InChI=1S/H2Se2.2H2Se/c1-2;;/h1-2H;2*1H2. The molecule has 0 saturated carbocycles. The summed E-state index contributed by atoms with van der Waals surface area (Å²) < 4.78 is 0. The van der Waals surface area contributed by atoms with Gasteiger partial charge < -0.3 is 0 Å². The van der Waals surface area contributed by atoms with E-state index in [0.717, 1.165) is 0 Å². The van der Waals surface area contributed by atoms with Crippen molar-refractivity contribution < 1.29 is 0 Å². The van der Waals surface area contributed by atoms with E-state index >= 15 is 0 Å². The third-order valence-electron chi connectivity index (χ3n) is 0. The first-order valence-electron chi connectivity index (χ1n) is 0.200. The summed E-state index contributed by atoms with van der Waals surface area (Å²) in [5.41, 5.74) is 0. The molecule has 0 heterocycles. The maximum absolute atomic E-state index is 2.25. The summed E-state index contributed by atoms with van der Waals surface area (Å²) in [5, 5.41) is 0. The van der Waals surface area contributed by atoms with Crippen LogP contribution < -0.4 is 0 Å². The van der Waals surface area contributed by atoms with Gasteiger partial charge in [-0.25, -0.2) is 0 Å². The van der Waals surface area contributed by atoms with Crippen LogP contribution >= 0.6 is 0 Å². The molecule has 0 aliphatic carbocycles. The fourth-order valence-corrected chi connectivity index (χ4v) is 0. The van der Waals surface area contributed by atoms with E-state index < -0.39 is 0 Å². The fraction of sp³-hybridized carbons (Fsp3) is 0. The molecule has 0 unspecified atom stereocenters. The molecule has 0 nitrogen and oxygen atoms in total. The molecule has 0 amide bonds. The molecule has 0 N–H and O–H groups in total. The van der Waals surface area contributed by atoms with Crippen LogP contribution in [0.1, 0.15) is 0 Å². The normalized spacial score (nSPS) is 1.50. The molecular formula is H6Se4. The van der Waals surface area contributed by atoms with E-state index in [1.165, 1.54) is 0 Å². The molecule has 0 atom stereocenters. The van der Waals surface area contributed by atoms with Crippen LogP contribution in [0, 0.1) is 0 Å². The third-order valence-corrected chi connectivity index (χ3v) is 0. The summed E-state index contributed by atoms with van der Waals surface area (Å²) in [6.07, 6.45) is 0. The van der Waals surface area contributed by atoms with Crippen LogP contribution in [0.2, 0.25) is 0 Å². The first-order valence-corrected chi connectivity index (χ1v) is 5.40. The van der Waals surface area contributed by atoms with Crippen molar-refractivity contribution >= 4 is 62.5 Å². The van der Waals surface area contributed by atoms with Crippen molar-refractivity contribution in [2.45, 2.75) is 0 Å². The Morgan fingerprint density at radius 2 is 0.750 bits per heavy atom. The summed E-state index contributed by atoms with van der Waals surface area (Å²) in [6, 6.07) is 0. The van der Waals surface area contributed by atoms with E-state index in [4.69, 9.17) is 0 Å². The fourth-order valence-electron chi connectivity index (χ4n) is 0. The second-order valence-corrected chi connectivity index (χ2v) is 0. The molecule has 4 heavy (non-hydrogen) atoms. The maximum atomic E-state index is 2.25. The van der Waals surface area contributed by atoms with Crippen LogP contribution in [0.4, 0.5) is 0 Å². The minimum atomic E-state index is 0. The van der Waals surface area contributed by atoms with Gasteiger partial charge in [-0.2, -0.15) is 0 Å². The number of rotatable bonds is 0. The van der Waals surface area contributed by atoms with Crippen molar-refractivity contribution in [2.75, 3.05) is 0 Å². The van der Waals surface area contributed by atoms with Gasteiger partial charge in [0.1, 0.15) is 0 Å². The number of hydrogen-bond donors (Lipinski definition) is 0. The van der Waals surface area contributed by atoms with E-state index in [-0.39, 0.29) is 34.1 Å². The van der Waals surface area contributed by atoms with Crippen molar-refractivity contribution in [1.29, 1.82) is 0 Å². The molecule has 0 saturated heterocycles. The summed E-state index contributed by atoms with van der Waals surface area (Å²) in [4.78, 5) is 0. The van der Waals surface area contributed by atoms with Crippen LogP contribution in [-0.4, -0.2) is 62.5 Å². The molecule has 0 spiro atoms. The quantitative estimate of drug-likeness (QED) is 0.414. The molecule has 0 radical (unpaired) electrons. The molecule has 0 aromatic heterocycles. The van der Waals surface area contributed by atoms with E-state index in [9.17, 15) is 0 Å². The Kier molecular flexibility index (Phi) is 80.9. The first-order chi connectivity index (χ1) is 1.00. The molecule has 30 valence electrons. The van der Waals surface area contributed by atoms with Gasteiger partial charge in [-0.15, -0.1) is 0 Å². The molecule has 0 rings (SSSR count). The van der Waals surface area contributed by atoms with E-state index in [1.54, 1.807) is 0 Å². The summed E-state index contributed by atoms with van der Waals surface area (Å²) in [6.45, 7) is 0. The predicted molar refractivity (Wildman–Crippen MR) is 31.4 cm³/mol. The van der Waals surface area contributed by atoms with Gasteiger partial charge >= 0.3 is 62.5 Å². The Labute approximate surface area is 62.0 Å². The van der Waals surface area contributed by atoms with Gasteiger partial charge in [-0.3, -0.25) is 0 Å². The topological polar surface area (TPSA) is 0 Å². The van der Waals surface area contributed by atoms with E-state index in [0.29, 0.717) is 0 Å². The Bertz CT molecular complexity index is 0. The average molecular weight is 322 g/mol. The molecule has 0 bridgehead atoms. The second kappa shape index (κ2) is 19.6. The molecule has 0 aromatic rings. The van der Waals surface area contributed by atoms with Crippen molar-refractivity contribution in [3.63, 3.8) is 0 Å². The molecule has 4 heteroatoms. The molecular weight excluding hydrogens is 316 g/mol.